The molecule has 0 radical (unpaired) electrons. The molecule has 0 aromatic heterocycles. The van der Waals surface area contributed by atoms with Gasteiger partial charge in [0.25, 0.3) is 0 Å². The third-order valence-electron chi connectivity index (χ3n) is 5.48. The van der Waals surface area contributed by atoms with Gasteiger partial charge in [0.1, 0.15) is 0 Å². The highest BCUT2D eigenvalue weighted by Gasteiger charge is 2.67. The van der Waals surface area contributed by atoms with Gasteiger partial charge in [0.05, 0.1) is 22.6 Å². The van der Waals surface area contributed by atoms with Gasteiger partial charge in [-0.25, -0.2) is 9.69 Å². The molecule has 2 amide bonds. The van der Waals surface area contributed by atoms with E-state index in [1.165, 1.54) is 29.2 Å². The molecular formula is C17H15NO4. The molecule has 2 fully saturated rings. The molecule has 4 atom stereocenters. The highest BCUT2D eigenvalue weighted by molar-refractivity contribution is 6.24. The van der Waals surface area contributed by atoms with E-state index < -0.39 is 11.4 Å². The number of imide groups is 1. The second-order valence-corrected chi connectivity index (χ2v) is 6.48. The molecule has 1 N–H and O–H groups in total. The lowest BCUT2D eigenvalue weighted by molar-refractivity contribution is -0.127. The average Bonchev–Trinajstić information content (AvgIpc) is 3.12. The molecule has 1 aromatic rings. The van der Waals surface area contributed by atoms with Crippen molar-refractivity contribution in [2.45, 2.75) is 13.3 Å². The zero-order valence-corrected chi connectivity index (χ0v) is 12.0. The van der Waals surface area contributed by atoms with E-state index in [1.54, 1.807) is 0 Å². The maximum absolute atomic E-state index is 12.9. The lowest BCUT2D eigenvalue weighted by atomic mass is 9.71. The Kier molecular flexibility index (Phi) is 2.45. The van der Waals surface area contributed by atoms with E-state index >= 15 is 0 Å². The summed E-state index contributed by atoms with van der Waals surface area (Å²) in [6.45, 7) is 1.89. The molecule has 0 spiro atoms. The van der Waals surface area contributed by atoms with Crippen LogP contribution in [-0.4, -0.2) is 22.9 Å². The van der Waals surface area contributed by atoms with Crippen LogP contribution < -0.4 is 4.90 Å². The second-order valence-electron chi connectivity index (χ2n) is 6.48. The summed E-state index contributed by atoms with van der Waals surface area (Å²) < 4.78 is 0. The Morgan fingerprint density at radius 1 is 1.23 bits per heavy atom. The Morgan fingerprint density at radius 3 is 2.50 bits per heavy atom. The van der Waals surface area contributed by atoms with Gasteiger partial charge in [0.2, 0.25) is 11.8 Å². The number of amides is 2. The Balaban J connectivity index is 1.74. The molecule has 0 unspecified atom stereocenters. The number of rotatable bonds is 2. The fourth-order valence-electron chi connectivity index (χ4n) is 4.30. The van der Waals surface area contributed by atoms with Crippen molar-refractivity contribution in [3.8, 4) is 0 Å². The van der Waals surface area contributed by atoms with Crippen LogP contribution in [0.3, 0.4) is 0 Å². The molecule has 22 heavy (non-hydrogen) atoms. The Morgan fingerprint density at radius 2 is 1.91 bits per heavy atom. The summed E-state index contributed by atoms with van der Waals surface area (Å²) in [5.41, 5.74) is -0.0619. The zero-order valence-electron chi connectivity index (χ0n) is 12.0. The van der Waals surface area contributed by atoms with E-state index in [0.29, 0.717) is 5.69 Å². The summed E-state index contributed by atoms with van der Waals surface area (Å²) in [4.78, 5) is 37.8. The smallest absolute Gasteiger partial charge is 0.335 e. The van der Waals surface area contributed by atoms with Gasteiger partial charge in [-0.1, -0.05) is 12.2 Å². The molecule has 112 valence electrons. The first-order valence-electron chi connectivity index (χ1n) is 7.34. The predicted molar refractivity (Wildman–Crippen MR) is 78.2 cm³/mol. The zero-order chi connectivity index (χ0) is 15.6. The molecule has 2 aliphatic carbocycles. The van der Waals surface area contributed by atoms with Crippen molar-refractivity contribution < 1.29 is 19.5 Å². The summed E-state index contributed by atoms with van der Waals surface area (Å²) >= 11 is 0. The minimum absolute atomic E-state index is 0.127. The predicted octanol–water partition coefficient (Wildman–Crippen LogP) is 2.09. The average molecular weight is 297 g/mol. The lowest BCUT2D eigenvalue weighted by Crippen LogP contribution is -2.37. The third kappa shape index (κ3) is 1.41. The fraction of sp³-hybridized carbons (Fsp3) is 0.353. The number of benzene rings is 1. The fourth-order valence-corrected chi connectivity index (χ4v) is 4.30. The number of hydrogen-bond donors (Lipinski definition) is 1. The highest BCUT2D eigenvalue weighted by atomic mass is 16.4. The van der Waals surface area contributed by atoms with Gasteiger partial charge in [-0.15, -0.1) is 0 Å². The monoisotopic (exact) mass is 297 g/mol. The van der Waals surface area contributed by atoms with Crippen LogP contribution in [0.25, 0.3) is 0 Å². The highest BCUT2D eigenvalue weighted by Crippen LogP contribution is 2.60. The Bertz CT molecular complexity index is 736. The van der Waals surface area contributed by atoms with Crippen LogP contribution in [0.15, 0.2) is 36.4 Å². The van der Waals surface area contributed by atoms with Crippen LogP contribution in [0.1, 0.15) is 23.7 Å². The van der Waals surface area contributed by atoms with Gasteiger partial charge in [0.15, 0.2) is 0 Å². The minimum Gasteiger partial charge on any atom is -0.478 e. The number of carbonyl (C=O) groups excluding carboxylic acids is 2. The number of carbonyl (C=O) groups is 3. The topological polar surface area (TPSA) is 74.7 Å². The van der Waals surface area contributed by atoms with E-state index in [-0.39, 0.29) is 35.1 Å². The number of fused-ring (bicyclic) bond motifs is 5. The van der Waals surface area contributed by atoms with Crippen molar-refractivity contribution in [2.24, 2.45) is 23.2 Å². The molecule has 1 saturated carbocycles. The quantitative estimate of drug-likeness (QED) is 0.670. The van der Waals surface area contributed by atoms with Crippen LogP contribution in [0.4, 0.5) is 5.69 Å². The minimum atomic E-state index is -1.03. The van der Waals surface area contributed by atoms with Crippen molar-refractivity contribution in [1.29, 1.82) is 0 Å². The standard InChI is InChI=1S/C17H15NO4/c1-17-11-5-2-10(8-11)13(17)14(19)18(16(17)22)12-6-3-9(4-7-12)15(20)21/h2-7,10-11,13H,8H2,1H3,(H,20,21)/t10-,11-,13+,17-/m0/s1. The molecule has 1 saturated heterocycles. The number of allylic oxidation sites excluding steroid dienone is 2. The van der Waals surface area contributed by atoms with Gasteiger partial charge in [0, 0.05) is 0 Å². The van der Waals surface area contributed by atoms with E-state index in [1.807, 2.05) is 6.92 Å². The Hall–Kier alpha value is -2.43. The number of anilines is 1. The normalized spacial score (nSPS) is 35.3. The maximum Gasteiger partial charge on any atom is 0.335 e. The molecule has 1 aromatic carbocycles. The van der Waals surface area contributed by atoms with Gasteiger partial charge in [-0.3, -0.25) is 9.59 Å². The summed E-state index contributed by atoms with van der Waals surface area (Å²) in [6.07, 6.45) is 4.99. The first-order valence-corrected chi connectivity index (χ1v) is 7.34. The summed E-state index contributed by atoms with van der Waals surface area (Å²) in [5, 5.41) is 8.94. The third-order valence-corrected chi connectivity index (χ3v) is 5.48. The van der Waals surface area contributed by atoms with Crippen LogP contribution in [0.5, 0.6) is 0 Å². The van der Waals surface area contributed by atoms with Crippen LogP contribution >= 0.6 is 0 Å². The second kappa shape index (κ2) is 4.06. The SMILES string of the molecule is C[C@@]12C(=O)N(c3ccc(C(=O)O)cc3)C(=O)[C@H]1[C@H]1C=C[C@H]2C1. The van der Waals surface area contributed by atoms with Crippen LogP contribution in [0.2, 0.25) is 0 Å². The Labute approximate surface area is 127 Å². The number of carboxylic acid groups (broad SMARTS) is 1. The van der Waals surface area contributed by atoms with Crippen molar-refractivity contribution in [3.63, 3.8) is 0 Å². The van der Waals surface area contributed by atoms with Crippen LogP contribution in [-0.2, 0) is 9.59 Å². The number of nitrogens with zero attached hydrogens (tertiary/aromatic N) is 1. The molecule has 5 nitrogen and oxygen atoms in total. The number of carboxylic acids is 1. The van der Waals surface area contributed by atoms with E-state index in [0.717, 1.165) is 6.42 Å². The van der Waals surface area contributed by atoms with E-state index in [9.17, 15) is 14.4 Å². The molecule has 5 heteroatoms. The largest absolute Gasteiger partial charge is 0.478 e. The molecule has 4 rings (SSSR count). The first-order chi connectivity index (χ1) is 10.4. The first kappa shape index (κ1) is 13.2. The van der Waals surface area contributed by atoms with Gasteiger partial charge in [-0.2, -0.15) is 0 Å². The van der Waals surface area contributed by atoms with Crippen molar-refractivity contribution in [2.75, 3.05) is 4.90 Å². The van der Waals surface area contributed by atoms with Crippen molar-refractivity contribution in [1.82, 2.24) is 0 Å². The molecule has 1 heterocycles. The lowest BCUT2D eigenvalue weighted by Gasteiger charge is -2.28. The maximum atomic E-state index is 12.9. The molecule has 3 aliphatic rings. The summed E-state index contributed by atoms with van der Waals surface area (Å²) in [7, 11) is 0. The van der Waals surface area contributed by atoms with Crippen LogP contribution in [0, 0.1) is 23.2 Å². The van der Waals surface area contributed by atoms with Gasteiger partial charge in [-0.05, 0) is 49.4 Å². The molecule has 2 bridgehead atoms. The van der Waals surface area contributed by atoms with Crippen molar-refractivity contribution >= 4 is 23.5 Å². The summed E-state index contributed by atoms with van der Waals surface area (Å²) in [6, 6.07) is 5.89. The van der Waals surface area contributed by atoms with Gasteiger partial charge >= 0.3 is 5.97 Å². The van der Waals surface area contributed by atoms with E-state index in [2.05, 4.69) is 12.2 Å². The van der Waals surface area contributed by atoms with Gasteiger partial charge < -0.3 is 5.11 Å². The number of aromatic carboxylic acids is 1. The summed E-state index contributed by atoms with van der Waals surface area (Å²) in [5.74, 6) is -1.36. The van der Waals surface area contributed by atoms with Crippen molar-refractivity contribution in [3.05, 3.63) is 42.0 Å². The van der Waals surface area contributed by atoms with E-state index in [4.69, 9.17) is 5.11 Å². The molecular weight excluding hydrogens is 282 g/mol. The molecule has 1 aliphatic heterocycles. The number of hydrogen-bond acceptors (Lipinski definition) is 3.